The van der Waals surface area contributed by atoms with Crippen molar-refractivity contribution in [3.05, 3.63) is 35.4 Å². The molecule has 0 radical (unpaired) electrons. The van der Waals surface area contributed by atoms with Crippen LogP contribution in [0.25, 0.3) is 0 Å². The predicted octanol–water partition coefficient (Wildman–Crippen LogP) is 5.48. The summed E-state index contributed by atoms with van der Waals surface area (Å²) in [5.74, 6) is 0. The Balaban J connectivity index is 0.00000196. The smallest absolute Gasteiger partial charge is 0.0833 e. The third-order valence-electron chi connectivity index (χ3n) is 5.93. The summed E-state index contributed by atoms with van der Waals surface area (Å²) < 4.78 is 6.47. The maximum atomic E-state index is 6.47. The molecule has 2 fully saturated rings. The molecule has 2 saturated heterocycles. The van der Waals surface area contributed by atoms with E-state index in [1.54, 1.807) is 0 Å². The minimum absolute atomic E-state index is 0. The molecule has 3 nitrogen and oxygen atoms in total. The third kappa shape index (κ3) is 9.45. The number of rotatable bonds is 7. The monoisotopic (exact) mass is 430 g/mol. The van der Waals surface area contributed by atoms with Crippen molar-refractivity contribution in [3.8, 4) is 0 Å². The van der Waals surface area contributed by atoms with E-state index in [-0.39, 0.29) is 24.8 Å². The van der Waals surface area contributed by atoms with Crippen LogP contribution in [0.1, 0.15) is 62.5 Å². The van der Waals surface area contributed by atoms with Gasteiger partial charge in [0.15, 0.2) is 0 Å². The molecule has 0 saturated carbocycles. The number of aryl methyl sites for hydroxylation is 1. The van der Waals surface area contributed by atoms with Crippen molar-refractivity contribution in [2.45, 2.75) is 71.0 Å². The second-order valence-electron chi connectivity index (χ2n) is 8.35. The van der Waals surface area contributed by atoms with Crippen LogP contribution in [0.15, 0.2) is 24.3 Å². The molecule has 0 bridgehead atoms. The minimum Gasteiger partial charge on any atom is -0.371 e. The van der Waals surface area contributed by atoms with E-state index in [9.17, 15) is 0 Å². The van der Waals surface area contributed by atoms with Gasteiger partial charge in [0, 0.05) is 13.1 Å². The van der Waals surface area contributed by atoms with Crippen molar-refractivity contribution >= 4 is 24.8 Å². The van der Waals surface area contributed by atoms with Gasteiger partial charge in [0.2, 0.25) is 0 Å². The van der Waals surface area contributed by atoms with Crippen LogP contribution < -0.4 is 0 Å². The Morgan fingerprint density at radius 2 is 1.14 bits per heavy atom. The first-order valence-corrected chi connectivity index (χ1v) is 10.9. The van der Waals surface area contributed by atoms with Gasteiger partial charge in [0.05, 0.1) is 12.7 Å². The van der Waals surface area contributed by atoms with Crippen LogP contribution in [0.4, 0.5) is 0 Å². The molecule has 3 rings (SSSR count). The van der Waals surface area contributed by atoms with E-state index in [4.69, 9.17) is 4.74 Å². The number of hydrogen-bond donors (Lipinski definition) is 0. The van der Waals surface area contributed by atoms with E-state index in [0.29, 0.717) is 6.10 Å². The number of halogens is 2. The molecule has 0 N–H and O–H groups in total. The molecule has 1 aromatic rings. The van der Waals surface area contributed by atoms with Crippen LogP contribution >= 0.6 is 24.8 Å². The largest absolute Gasteiger partial charge is 0.371 e. The zero-order chi connectivity index (χ0) is 18.0. The first-order valence-electron chi connectivity index (χ1n) is 10.9. The first-order chi connectivity index (χ1) is 12.8. The summed E-state index contributed by atoms with van der Waals surface area (Å²) in [6.07, 6.45) is 11.3. The highest BCUT2D eigenvalue weighted by Gasteiger charge is 2.20. The highest BCUT2D eigenvalue weighted by molar-refractivity contribution is 5.85. The van der Waals surface area contributed by atoms with Gasteiger partial charge in [-0.1, -0.05) is 55.5 Å². The lowest BCUT2D eigenvalue weighted by Gasteiger charge is -2.31. The molecule has 0 spiro atoms. The van der Waals surface area contributed by atoms with Crippen molar-refractivity contribution in [2.75, 3.05) is 39.3 Å². The molecule has 1 aromatic carbocycles. The summed E-state index contributed by atoms with van der Waals surface area (Å²) in [5, 5.41) is 0. The average Bonchev–Trinajstić information content (AvgIpc) is 3.06. The van der Waals surface area contributed by atoms with E-state index in [0.717, 1.165) is 19.7 Å². The lowest BCUT2D eigenvalue weighted by atomic mass is 10.1. The van der Waals surface area contributed by atoms with Gasteiger partial charge in [0.25, 0.3) is 0 Å². The molecule has 0 atom stereocenters. The van der Waals surface area contributed by atoms with E-state index in [1.165, 1.54) is 88.7 Å². The van der Waals surface area contributed by atoms with Crippen molar-refractivity contribution < 1.29 is 4.74 Å². The van der Waals surface area contributed by atoms with Crippen molar-refractivity contribution in [2.24, 2.45) is 0 Å². The second kappa shape index (κ2) is 14.6. The minimum atomic E-state index is 0. The summed E-state index contributed by atoms with van der Waals surface area (Å²) in [6, 6.07) is 8.81. The quantitative estimate of drug-likeness (QED) is 0.569. The zero-order valence-corrected chi connectivity index (χ0v) is 19.2. The number of benzene rings is 1. The van der Waals surface area contributed by atoms with Crippen molar-refractivity contribution in [1.82, 2.24) is 9.80 Å². The average molecular weight is 431 g/mol. The van der Waals surface area contributed by atoms with Gasteiger partial charge in [-0.2, -0.15) is 0 Å². The normalized spacial score (nSPS) is 19.4. The number of hydrogen-bond acceptors (Lipinski definition) is 3. The number of likely N-dealkylation sites (tertiary alicyclic amines) is 2. The summed E-state index contributed by atoms with van der Waals surface area (Å²) in [5.41, 5.74) is 2.62. The van der Waals surface area contributed by atoms with Gasteiger partial charge in [0.1, 0.15) is 0 Å². The van der Waals surface area contributed by atoms with E-state index >= 15 is 0 Å². The Morgan fingerprint density at radius 1 is 0.714 bits per heavy atom. The van der Waals surface area contributed by atoms with Crippen molar-refractivity contribution in [1.29, 1.82) is 0 Å². The van der Waals surface area contributed by atoms with Crippen LogP contribution in [0, 0.1) is 6.92 Å². The summed E-state index contributed by atoms with van der Waals surface area (Å²) in [7, 11) is 0. The molecule has 0 aliphatic carbocycles. The van der Waals surface area contributed by atoms with Crippen LogP contribution in [0.3, 0.4) is 0 Å². The van der Waals surface area contributed by atoms with Gasteiger partial charge < -0.3 is 14.5 Å². The molecule has 0 amide bonds. The van der Waals surface area contributed by atoms with Gasteiger partial charge in [-0.3, -0.25) is 0 Å². The number of ether oxygens (including phenoxy) is 1. The maximum Gasteiger partial charge on any atom is 0.0833 e. The maximum absolute atomic E-state index is 6.47. The Labute approximate surface area is 185 Å². The SMILES string of the molecule is Cc1ccc(COC(CN2CCCCCC2)CN2CCCCCC2)cc1.Cl.Cl. The molecule has 2 aliphatic rings. The standard InChI is InChI=1S/C23H38N2O.2ClH/c1-21-10-12-22(13-11-21)20-26-23(18-24-14-6-2-3-7-15-24)19-25-16-8-4-5-9-17-25;;/h10-13,23H,2-9,14-20H2,1H3;2*1H. The molecule has 0 aromatic heterocycles. The van der Waals surface area contributed by atoms with Crippen molar-refractivity contribution in [3.63, 3.8) is 0 Å². The first kappa shape index (κ1) is 25.7. The van der Waals surface area contributed by atoms with E-state index in [2.05, 4.69) is 41.0 Å². The molecule has 5 heteroatoms. The molecule has 2 aliphatic heterocycles. The van der Waals surface area contributed by atoms with Gasteiger partial charge in [-0.05, 0) is 64.3 Å². The fourth-order valence-electron chi connectivity index (χ4n) is 4.27. The predicted molar refractivity (Wildman–Crippen MR) is 124 cm³/mol. The molecular formula is C23H40Cl2N2O. The Morgan fingerprint density at radius 3 is 1.57 bits per heavy atom. The van der Waals surface area contributed by atoms with Gasteiger partial charge >= 0.3 is 0 Å². The Kier molecular flexibility index (Phi) is 13.4. The van der Waals surface area contributed by atoms with E-state index in [1.807, 2.05) is 0 Å². The van der Waals surface area contributed by atoms with Crippen LogP contribution in [-0.2, 0) is 11.3 Å². The second-order valence-corrected chi connectivity index (χ2v) is 8.35. The third-order valence-corrected chi connectivity index (χ3v) is 5.93. The summed E-state index contributed by atoms with van der Waals surface area (Å²) >= 11 is 0. The van der Waals surface area contributed by atoms with Crippen LogP contribution in [-0.4, -0.2) is 55.2 Å². The fourth-order valence-corrected chi connectivity index (χ4v) is 4.27. The lowest BCUT2D eigenvalue weighted by molar-refractivity contribution is -0.00516. The molecule has 0 unspecified atom stereocenters. The van der Waals surface area contributed by atoms with Crippen LogP contribution in [0.2, 0.25) is 0 Å². The molecule has 162 valence electrons. The summed E-state index contributed by atoms with van der Waals surface area (Å²) in [6.45, 7) is 10.1. The fraction of sp³-hybridized carbons (Fsp3) is 0.739. The van der Waals surface area contributed by atoms with E-state index < -0.39 is 0 Å². The van der Waals surface area contributed by atoms with Gasteiger partial charge in [-0.15, -0.1) is 24.8 Å². The Bertz CT molecular complexity index is 474. The topological polar surface area (TPSA) is 15.7 Å². The number of nitrogens with zero attached hydrogens (tertiary/aromatic N) is 2. The van der Waals surface area contributed by atoms with Gasteiger partial charge in [-0.25, -0.2) is 0 Å². The molecular weight excluding hydrogens is 391 g/mol. The Hall–Kier alpha value is -0.320. The van der Waals surface area contributed by atoms with Crippen LogP contribution in [0.5, 0.6) is 0 Å². The molecule has 28 heavy (non-hydrogen) atoms. The highest BCUT2D eigenvalue weighted by Crippen LogP contribution is 2.15. The summed E-state index contributed by atoms with van der Waals surface area (Å²) in [4.78, 5) is 5.31. The highest BCUT2D eigenvalue weighted by atomic mass is 35.5. The zero-order valence-electron chi connectivity index (χ0n) is 17.6. The molecule has 2 heterocycles. The lowest BCUT2D eigenvalue weighted by Crippen LogP contribution is -2.42.